The van der Waals surface area contributed by atoms with E-state index in [-0.39, 0.29) is 5.97 Å². The minimum absolute atomic E-state index is 0.101. The van der Waals surface area contributed by atoms with Crippen molar-refractivity contribution in [3.8, 4) is 5.75 Å². The summed E-state index contributed by atoms with van der Waals surface area (Å²) in [5, 5.41) is 0. The van der Waals surface area contributed by atoms with Gasteiger partial charge in [0.25, 0.3) is 0 Å². The minimum atomic E-state index is -0.101. The summed E-state index contributed by atoms with van der Waals surface area (Å²) in [4.78, 5) is 13.9. The zero-order chi connectivity index (χ0) is 15.1. The number of esters is 1. The molecule has 2 rings (SSSR count). The van der Waals surface area contributed by atoms with Gasteiger partial charge in [0.05, 0.1) is 20.6 Å². The van der Waals surface area contributed by atoms with Crippen molar-refractivity contribution in [3.05, 3.63) is 29.8 Å². The van der Waals surface area contributed by atoms with E-state index >= 15 is 0 Å². The molecule has 21 heavy (non-hydrogen) atoms. The Hall–Kier alpha value is -1.55. The molecule has 0 radical (unpaired) electrons. The van der Waals surface area contributed by atoms with E-state index in [4.69, 9.17) is 9.47 Å². The lowest BCUT2D eigenvalue weighted by Crippen LogP contribution is -2.42. The van der Waals surface area contributed by atoms with Crippen molar-refractivity contribution in [2.24, 2.45) is 0 Å². The monoisotopic (exact) mass is 291 g/mol. The standard InChI is InChI=1S/C17H25NO3/c1-20-16-8-6-14(7-9-16)10-12-18-11-4-3-5-15(18)13-17(19)21-2/h6-9,15H,3-5,10-13H2,1-2H3. The van der Waals surface area contributed by atoms with Crippen molar-refractivity contribution in [1.29, 1.82) is 0 Å². The molecule has 0 amide bonds. The molecule has 4 nitrogen and oxygen atoms in total. The molecule has 4 heteroatoms. The molecule has 0 aliphatic carbocycles. The zero-order valence-electron chi connectivity index (χ0n) is 13.0. The molecule has 1 aromatic carbocycles. The third kappa shape index (κ3) is 4.74. The SMILES string of the molecule is COC(=O)CC1CCCCN1CCc1ccc(OC)cc1. The van der Waals surface area contributed by atoms with Crippen LogP contribution in [0.5, 0.6) is 5.75 Å². The van der Waals surface area contributed by atoms with Crippen LogP contribution in [0.1, 0.15) is 31.2 Å². The van der Waals surface area contributed by atoms with E-state index in [1.54, 1.807) is 7.11 Å². The number of carbonyl (C=O) groups excluding carboxylic acids is 1. The molecule has 1 aliphatic rings. The number of methoxy groups -OCH3 is 2. The van der Waals surface area contributed by atoms with E-state index < -0.39 is 0 Å². The van der Waals surface area contributed by atoms with Crippen LogP contribution in [0.25, 0.3) is 0 Å². The first-order chi connectivity index (χ1) is 10.2. The molecule has 1 aromatic rings. The van der Waals surface area contributed by atoms with Crippen LogP contribution in [-0.4, -0.2) is 44.2 Å². The highest BCUT2D eigenvalue weighted by Crippen LogP contribution is 2.21. The van der Waals surface area contributed by atoms with E-state index in [2.05, 4.69) is 17.0 Å². The molecule has 116 valence electrons. The Morgan fingerprint density at radius 3 is 2.67 bits per heavy atom. The third-order valence-electron chi connectivity index (χ3n) is 4.23. The number of likely N-dealkylation sites (tertiary alicyclic amines) is 1. The van der Waals surface area contributed by atoms with Gasteiger partial charge in [-0.15, -0.1) is 0 Å². The summed E-state index contributed by atoms with van der Waals surface area (Å²) in [5.74, 6) is 0.789. The number of benzene rings is 1. The molecule has 1 fully saturated rings. The fourth-order valence-corrected chi connectivity index (χ4v) is 2.93. The van der Waals surface area contributed by atoms with Crippen LogP contribution < -0.4 is 4.74 Å². The van der Waals surface area contributed by atoms with Gasteiger partial charge < -0.3 is 9.47 Å². The number of hydrogen-bond donors (Lipinski definition) is 0. The van der Waals surface area contributed by atoms with Crippen molar-refractivity contribution in [2.45, 2.75) is 38.1 Å². The van der Waals surface area contributed by atoms with Crippen LogP contribution >= 0.6 is 0 Å². The zero-order valence-corrected chi connectivity index (χ0v) is 13.0. The summed E-state index contributed by atoms with van der Waals surface area (Å²) in [7, 11) is 3.15. The Balaban J connectivity index is 1.87. The Labute approximate surface area is 127 Å². The fraction of sp³-hybridized carbons (Fsp3) is 0.588. The van der Waals surface area contributed by atoms with Gasteiger partial charge in [-0.05, 0) is 43.5 Å². The van der Waals surface area contributed by atoms with E-state index in [1.807, 2.05) is 12.1 Å². The summed E-state index contributed by atoms with van der Waals surface area (Å²) in [6.45, 7) is 2.08. The maximum Gasteiger partial charge on any atom is 0.307 e. The molecule has 1 aliphatic heterocycles. The molecule has 1 heterocycles. The van der Waals surface area contributed by atoms with E-state index in [9.17, 15) is 4.79 Å². The van der Waals surface area contributed by atoms with Gasteiger partial charge in [-0.25, -0.2) is 0 Å². The number of ether oxygens (including phenoxy) is 2. The molecule has 0 saturated carbocycles. The highest BCUT2D eigenvalue weighted by Gasteiger charge is 2.24. The van der Waals surface area contributed by atoms with Crippen molar-refractivity contribution in [1.82, 2.24) is 4.90 Å². The number of piperidine rings is 1. The summed E-state index contributed by atoms with van der Waals surface area (Å²) in [5.41, 5.74) is 1.30. The van der Waals surface area contributed by atoms with E-state index in [0.29, 0.717) is 12.5 Å². The Morgan fingerprint density at radius 1 is 1.24 bits per heavy atom. The molecule has 1 unspecified atom stereocenters. The molecule has 0 bridgehead atoms. The average Bonchev–Trinajstić information content (AvgIpc) is 2.54. The van der Waals surface area contributed by atoms with Crippen LogP contribution in [-0.2, 0) is 16.0 Å². The van der Waals surface area contributed by atoms with Gasteiger partial charge in [0, 0.05) is 12.6 Å². The second-order valence-electron chi connectivity index (χ2n) is 5.56. The summed E-state index contributed by atoms with van der Waals surface area (Å²) in [6.07, 6.45) is 5.04. The molecule has 0 spiro atoms. The van der Waals surface area contributed by atoms with Gasteiger partial charge in [-0.3, -0.25) is 9.69 Å². The number of carbonyl (C=O) groups is 1. The maximum absolute atomic E-state index is 11.5. The second-order valence-corrected chi connectivity index (χ2v) is 5.56. The molecular formula is C17H25NO3. The maximum atomic E-state index is 11.5. The van der Waals surface area contributed by atoms with Crippen LogP contribution in [0.2, 0.25) is 0 Å². The third-order valence-corrected chi connectivity index (χ3v) is 4.23. The highest BCUT2D eigenvalue weighted by atomic mass is 16.5. The van der Waals surface area contributed by atoms with Crippen molar-refractivity contribution < 1.29 is 14.3 Å². The lowest BCUT2D eigenvalue weighted by molar-refractivity contribution is -0.142. The Morgan fingerprint density at radius 2 is 2.00 bits per heavy atom. The molecular weight excluding hydrogens is 266 g/mol. The molecule has 0 aromatic heterocycles. The minimum Gasteiger partial charge on any atom is -0.497 e. The first-order valence-corrected chi connectivity index (χ1v) is 7.66. The smallest absolute Gasteiger partial charge is 0.307 e. The first-order valence-electron chi connectivity index (χ1n) is 7.66. The number of rotatable bonds is 6. The van der Waals surface area contributed by atoms with Gasteiger partial charge in [-0.1, -0.05) is 18.6 Å². The van der Waals surface area contributed by atoms with E-state index in [1.165, 1.54) is 25.5 Å². The number of nitrogens with zero attached hydrogens (tertiary/aromatic N) is 1. The average molecular weight is 291 g/mol. The van der Waals surface area contributed by atoms with Gasteiger partial charge in [0.1, 0.15) is 5.75 Å². The van der Waals surface area contributed by atoms with Crippen molar-refractivity contribution >= 4 is 5.97 Å². The predicted molar refractivity (Wildman–Crippen MR) is 82.5 cm³/mol. The van der Waals surface area contributed by atoms with Crippen LogP contribution in [0.15, 0.2) is 24.3 Å². The van der Waals surface area contributed by atoms with E-state index in [0.717, 1.165) is 31.7 Å². The lowest BCUT2D eigenvalue weighted by atomic mass is 9.98. The molecule has 1 atom stereocenters. The Kier molecular flexibility index (Phi) is 6.05. The van der Waals surface area contributed by atoms with Crippen LogP contribution in [0, 0.1) is 0 Å². The van der Waals surface area contributed by atoms with Gasteiger partial charge in [0.2, 0.25) is 0 Å². The predicted octanol–water partition coefficient (Wildman–Crippen LogP) is 2.66. The van der Waals surface area contributed by atoms with Crippen LogP contribution in [0.3, 0.4) is 0 Å². The summed E-state index contributed by atoms with van der Waals surface area (Å²) < 4.78 is 9.99. The first kappa shape index (κ1) is 15.8. The highest BCUT2D eigenvalue weighted by molar-refractivity contribution is 5.69. The largest absolute Gasteiger partial charge is 0.497 e. The number of hydrogen-bond acceptors (Lipinski definition) is 4. The van der Waals surface area contributed by atoms with Gasteiger partial charge in [-0.2, -0.15) is 0 Å². The van der Waals surface area contributed by atoms with Crippen molar-refractivity contribution in [2.75, 3.05) is 27.3 Å². The van der Waals surface area contributed by atoms with Crippen molar-refractivity contribution in [3.63, 3.8) is 0 Å². The normalized spacial score (nSPS) is 19.2. The molecule has 0 N–H and O–H groups in total. The van der Waals surface area contributed by atoms with Gasteiger partial charge in [0.15, 0.2) is 0 Å². The topological polar surface area (TPSA) is 38.8 Å². The molecule has 1 saturated heterocycles. The summed E-state index contributed by atoms with van der Waals surface area (Å²) in [6, 6.07) is 8.55. The van der Waals surface area contributed by atoms with Gasteiger partial charge >= 0.3 is 5.97 Å². The lowest BCUT2D eigenvalue weighted by Gasteiger charge is -2.35. The van der Waals surface area contributed by atoms with Crippen LogP contribution in [0.4, 0.5) is 0 Å². The Bertz CT molecular complexity index is 444. The fourth-order valence-electron chi connectivity index (χ4n) is 2.93. The summed E-state index contributed by atoms with van der Waals surface area (Å²) >= 11 is 0. The quantitative estimate of drug-likeness (QED) is 0.755. The second kappa shape index (κ2) is 8.03.